The van der Waals surface area contributed by atoms with Crippen LogP contribution in [0.15, 0.2) is 0 Å². The van der Waals surface area contributed by atoms with Crippen LogP contribution in [-0.4, -0.2) is 11.9 Å². The van der Waals surface area contributed by atoms with Crippen LogP contribution in [0.5, 0.6) is 0 Å². The van der Waals surface area contributed by atoms with Crippen LogP contribution in [0.1, 0.15) is 61.8 Å². The Bertz CT molecular complexity index is 171. The summed E-state index contributed by atoms with van der Waals surface area (Å²) in [6.45, 7) is 16.3. The predicted octanol–water partition coefficient (Wildman–Crippen LogP) is 3.61. The Morgan fingerprint density at radius 2 is 1.53 bits per heavy atom. The van der Waals surface area contributed by atoms with Gasteiger partial charge in [0.05, 0.1) is 0 Å². The summed E-state index contributed by atoms with van der Waals surface area (Å²) in [5.41, 5.74) is -0.238. The molecule has 1 amide bonds. The number of amides is 1. The highest BCUT2D eigenvalue weighted by molar-refractivity contribution is 5.81. The van der Waals surface area contributed by atoms with Crippen molar-refractivity contribution in [2.24, 2.45) is 11.3 Å². The van der Waals surface area contributed by atoms with Gasteiger partial charge >= 0.3 is 0 Å². The molecule has 0 aromatic heterocycles. The summed E-state index contributed by atoms with van der Waals surface area (Å²) in [6, 6.07) is 0.235. The van der Waals surface area contributed by atoms with Crippen molar-refractivity contribution in [3.63, 3.8) is 0 Å². The van der Waals surface area contributed by atoms with E-state index in [0.717, 1.165) is 6.42 Å². The van der Waals surface area contributed by atoms with Gasteiger partial charge < -0.3 is 5.32 Å². The quantitative estimate of drug-likeness (QED) is 0.762. The van der Waals surface area contributed by atoms with Gasteiger partial charge in [-0.3, -0.25) is 4.79 Å². The lowest BCUT2D eigenvalue weighted by molar-refractivity contribution is -0.130. The SMILES string of the molecule is CC.CC(C)CC(C)(C)C(=O)NC(C)C. The topological polar surface area (TPSA) is 29.1 Å². The average Bonchev–Trinajstić information content (AvgIpc) is 2.04. The summed E-state index contributed by atoms with van der Waals surface area (Å²) in [4.78, 5) is 11.7. The summed E-state index contributed by atoms with van der Waals surface area (Å²) in [5, 5.41) is 2.95. The van der Waals surface area contributed by atoms with E-state index in [1.54, 1.807) is 0 Å². The molecule has 0 fully saturated rings. The number of hydrogen-bond acceptors (Lipinski definition) is 1. The Morgan fingerprint density at radius 3 is 1.80 bits per heavy atom. The van der Waals surface area contributed by atoms with Crippen molar-refractivity contribution in [3.05, 3.63) is 0 Å². The van der Waals surface area contributed by atoms with Crippen LogP contribution >= 0.6 is 0 Å². The first-order chi connectivity index (χ1) is 6.75. The second kappa shape index (κ2) is 7.72. The largest absolute Gasteiger partial charge is 0.353 e. The maximum absolute atomic E-state index is 11.7. The number of rotatable bonds is 4. The molecule has 0 saturated carbocycles. The molecule has 92 valence electrons. The standard InChI is InChI=1S/C11H23NO.C2H6/c1-8(2)7-11(5,6)10(13)12-9(3)4;1-2/h8-9H,7H2,1-6H3,(H,12,13);1-2H3. The minimum absolute atomic E-state index is 0.163. The van der Waals surface area contributed by atoms with E-state index < -0.39 is 0 Å². The van der Waals surface area contributed by atoms with Gasteiger partial charge in [0.1, 0.15) is 0 Å². The molecule has 0 aliphatic rings. The van der Waals surface area contributed by atoms with Crippen LogP contribution < -0.4 is 5.32 Å². The summed E-state index contributed by atoms with van der Waals surface area (Å²) in [7, 11) is 0. The van der Waals surface area contributed by atoms with E-state index in [4.69, 9.17) is 0 Å². The van der Waals surface area contributed by atoms with Gasteiger partial charge in [0, 0.05) is 11.5 Å². The lowest BCUT2D eigenvalue weighted by Crippen LogP contribution is -2.41. The first kappa shape index (κ1) is 16.9. The van der Waals surface area contributed by atoms with Crippen LogP contribution in [0.25, 0.3) is 0 Å². The minimum Gasteiger partial charge on any atom is -0.353 e. The lowest BCUT2D eigenvalue weighted by atomic mass is 9.83. The molecule has 0 aromatic rings. The fourth-order valence-electron chi connectivity index (χ4n) is 1.57. The molecule has 2 nitrogen and oxygen atoms in total. The minimum atomic E-state index is -0.238. The Balaban J connectivity index is 0. The zero-order chi connectivity index (χ0) is 12.6. The molecule has 0 aromatic carbocycles. The molecule has 1 N–H and O–H groups in total. The molecule has 0 atom stereocenters. The highest BCUT2D eigenvalue weighted by atomic mass is 16.2. The highest BCUT2D eigenvalue weighted by Crippen LogP contribution is 2.25. The number of nitrogens with one attached hydrogen (secondary N) is 1. The summed E-state index contributed by atoms with van der Waals surface area (Å²) >= 11 is 0. The maximum atomic E-state index is 11.7. The third kappa shape index (κ3) is 8.46. The molecule has 0 aliphatic heterocycles. The predicted molar refractivity (Wildman–Crippen MR) is 67.9 cm³/mol. The van der Waals surface area contributed by atoms with E-state index in [-0.39, 0.29) is 17.4 Å². The third-order valence-corrected chi connectivity index (χ3v) is 1.95. The van der Waals surface area contributed by atoms with E-state index in [2.05, 4.69) is 19.2 Å². The highest BCUT2D eigenvalue weighted by Gasteiger charge is 2.28. The summed E-state index contributed by atoms with van der Waals surface area (Å²) < 4.78 is 0. The van der Waals surface area contributed by atoms with Gasteiger partial charge in [-0.2, -0.15) is 0 Å². The lowest BCUT2D eigenvalue weighted by Gasteiger charge is -2.26. The third-order valence-electron chi connectivity index (χ3n) is 1.95. The fraction of sp³-hybridized carbons (Fsp3) is 0.923. The maximum Gasteiger partial charge on any atom is 0.225 e. The molecular formula is C13H29NO. The number of hydrogen-bond donors (Lipinski definition) is 1. The molecule has 0 unspecified atom stereocenters. The summed E-state index contributed by atoms with van der Waals surface area (Å²) in [6.07, 6.45) is 0.936. The van der Waals surface area contributed by atoms with Gasteiger partial charge in [-0.05, 0) is 26.2 Å². The molecule has 0 bridgehead atoms. The van der Waals surface area contributed by atoms with Crippen molar-refractivity contribution in [1.29, 1.82) is 0 Å². The Morgan fingerprint density at radius 1 is 1.13 bits per heavy atom. The molecule has 0 radical (unpaired) electrons. The molecule has 0 spiro atoms. The van der Waals surface area contributed by atoms with Gasteiger partial charge in [-0.1, -0.05) is 41.5 Å². The van der Waals surface area contributed by atoms with Gasteiger partial charge in [-0.25, -0.2) is 0 Å². The van der Waals surface area contributed by atoms with Crippen molar-refractivity contribution in [2.45, 2.75) is 67.9 Å². The second-order valence-electron chi connectivity index (χ2n) is 5.11. The fourth-order valence-corrected chi connectivity index (χ4v) is 1.57. The van der Waals surface area contributed by atoms with Crippen molar-refractivity contribution in [2.75, 3.05) is 0 Å². The first-order valence-corrected chi connectivity index (χ1v) is 6.06. The van der Waals surface area contributed by atoms with Gasteiger partial charge in [0.2, 0.25) is 5.91 Å². The van der Waals surface area contributed by atoms with E-state index in [1.165, 1.54) is 0 Å². The van der Waals surface area contributed by atoms with E-state index >= 15 is 0 Å². The van der Waals surface area contributed by atoms with Crippen LogP contribution in [0.4, 0.5) is 0 Å². The molecule has 2 heteroatoms. The normalized spacial score (nSPS) is 11.1. The van der Waals surface area contributed by atoms with E-state index in [9.17, 15) is 4.79 Å². The van der Waals surface area contributed by atoms with Crippen molar-refractivity contribution >= 4 is 5.91 Å². The molecule has 0 saturated heterocycles. The van der Waals surface area contributed by atoms with Crippen LogP contribution in [0.3, 0.4) is 0 Å². The van der Waals surface area contributed by atoms with Crippen molar-refractivity contribution < 1.29 is 4.79 Å². The molecule has 15 heavy (non-hydrogen) atoms. The molecule has 0 heterocycles. The van der Waals surface area contributed by atoms with Crippen LogP contribution in [0.2, 0.25) is 0 Å². The summed E-state index contributed by atoms with van der Waals surface area (Å²) in [5.74, 6) is 0.726. The zero-order valence-electron chi connectivity index (χ0n) is 11.8. The van der Waals surface area contributed by atoms with Gasteiger partial charge in [0.25, 0.3) is 0 Å². The molecule has 0 aliphatic carbocycles. The van der Waals surface area contributed by atoms with Gasteiger partial charge in [0.15, 0.2) is 0 Å². The monoisotopic (exact) mass is 215 g/mol. The van der Waals surface area contributed by atoms with Crippen molar-refractivity contribution in [1.82, 2.24) is 5.32 Å². The Hall–Kier alpha value is -0.530. The second-order valence-corrected chi connectivity index (χ2v) is 5.11. The average molecular weight is 215 g/mol. The first-order valence-electron chi connectivity index (χ1n) is 6.06. The molecular weight excluding hydrogens is 186 g/mol. The van der Waals surface area contributed by atoms with E-state index in [0.29, 0.717) is 5.92 Å². The number of carbonyl (C=O) groups excluding carboxylic acids is 1. The van der Waals surface area contributed by atoms with Crippen LogP contribution in [-0.2, 0) is 4.79 Å². The van der Waals surface area contributed by atoms with Crippen molar-refractivity contribution in [3.8, 4) is 0 Å². The molecule has 0 rings (SSSR count). The van der Waals surface area contributed by atoms with Gasteiger partial charge in [-0.15, -0.1) is 0 Å². The van der Waals surface area contributed by atoms with Crippen LogP contribution in [0, 0.1) is 11.3 Å². The smallest absolute Gasteiger partial charge is 0.225 e. The number of carbonyl (C=O) groups is 1. The Labute approximate surface area is 95.8 Å². The zero-order valence-corrected chi connectivity index (χ0v) is 11.8. The van der Waals surface area contributed by atoms with E-state index in [1.807, 2.05) is 41.5 Å². The Kier molecular flexibility index (Phi) is 8.69.